The van der Waals surface area contributed by atoms with Crippen LogP contribution in [0.2, 0.25) is 0 Å². The molecule has 208 valence electrons. The smallest absolute Gasteiger partial charge is 0.545 e. The topological polar surface area (TPSA) is 539 Å². The van der Waals surface area contributed by atoms with E-state index in [1.54, 1.807) is 0 Å². The summed E-state index contributed by atoms with van der Waals surface area (Å²) in [6.07, 6.45) is 0. The molecule has 0 aliphatic carbocycles. The maximum atomic E-state index is 11.1. The molecule has 0 radical (unpaired) electrons. The Kier molecular flexibility index (Phi) is 105. The second-order valence-electron chi connectivity index (χ2n) is 4.22. The standard InChI is InChI=1S/C14H8O8.4Li.12H2O/c15-11(16)5-1-2-6(12(17)18)10-8(14(21)22)4-3-7(9(5)10)13(19)20;;;;;;;;;;;;;;;;/h1-4H,(H,15,16)(H,17,18)(H,19,20)(H,21,22);;;;;12*1H2/q;4*+1;;;;;;;;;;;;/p-4. The van der Waals surface area contributed by atoms with Crippen molar-refractivity contribution in [2.45, 2.75) is 0 Å². The molecule has 0 saturated carbocycles. The zero-order valence-corrected chi connectivity index (χ0v) is 20.6. The Morgan fingerprint density at radius 3 is 0.526 bits per heavy atom. The van der Waals surface area contributed by atoms with Crippen molar-refractivity contribution in [3.8, 4) is 0 Å². The van der Waals surface area contributed by atoms with E-state index in [0.717, 1.165) is 24.3 Å². The van der Waals surface area contributed by atoms with Crippen molar-refractivity contribution < 1.29 is 181 Å². The van der Waals surface area contributed by atoms with E-state index < -0.39 is 56.9 Å². The summed E-state index contributed by atoms with van der Waals surface area (Å²) >= 11 is 0. The number of benzene rings is 2. The minimum atomic E-state index is -1.81. The maximum Gasteiger partial charge on any atom is 1.00 e. The second kappa shape index (κ2) is 40.0. The van der Waals surface area contributed by atoms with Crippen LogP contribution in [0.3, 0.4) is 0 Å². The van der Waals surface area contributed by atoms with Gasteiger partial charge in [-0.15, -0.1) is 0 Å². The predicted octanol–water partition coefficient (Wildman–Crippen LogP) is -25.6. The quantitative estimate of drug-likeness (QED) is 0.332. The maximum absolute atomic E-state index is 11.1. The Bertz CT molecular complexity index is 743. The molecule has 38 heavy (non-hydrogen) atoms. The molecule has 2 aromatic rings. The fourth-order valence-electron chi connectivity index (χ4n) is 2.18. The van der Waals surface area contributed by atoms with Gasteiger partial charge < -0.3 is 105 Å². The average Bonchev–Trinajstić information content (AvgIpc) is 2.43. The SMILES string of the molecule is O.O.O.O.O.O.O.O.O.O.O.O.O=C([O-])c1ccc(C(=O)[O-])c2c(C(=O)[O-])ccc(C(=O)[O-])c12.[Li+].[Li+].[Li+].[Li+]. The van der Waals surface area contributed by atoms with E-state index in [0.29, 0.717) is 0 Å². The Hall–Kier alpha value is -1.51. The predicted molar refractivity (Wildman–Crippen MR) is 105 cm³/mol. The van der Waals surface area contributed by atoms with Crippen LogP contribution >= 0.6 is 0 Å². The van der Waals surface area contributed by atoms with E-state index in [1.807, 2.05) is 0 Å². The van der Waals surface area contributed by atoms with Crippen molar-refractivity contribution in [1.29, 1.82) is 0 Å². The van der Waals surface area contributed by atoms with Gasteiger partial charge in [0.25, 0.3) is 0 Å². The molecule has 0 heterocycles. The molecule has 0 spiro atoms. The number of hydrogen-bond donors (Lipinski definition) is 0. The Balaban J connectivity index is -0.0000000254. The molecule has 2 rings (SSSR count). The van der Waals surface area contributed by atoms with Gasteiger partial charge in [-0.3, -0.25) is 0 Å². The molecule has 0 aromatic heterocycles. The van der Waals surface area contributed by atoms with Crippen molar-refractivity contribution in [2.75, 3.05) is 0 Å². The van der Waals surface area contributed by atoms with Crippen molar-refractivity contribution in [2.24, 2.45) is 0 Å². The first kappa shape index (κ1) is 99.5. The summed E-state index contributed by atoms with van der Waals surface area (Å²) < 4.78 is 0. The number of carboxylic acids is 4. The number of hydrogen-bond acceptors (Lipinski definition) is 8. The van der Waals surface area contributed by atoms with Crippen LogP contribution in [-0.4, -0.2) is 89.6 Å². The van der Waals surface area contributed by atoms with Crippen molar-refractivity contribution >= 4 is 34.6 Å². The molecule has 24 N–H and O–H groups in total. The van der Waals surface area contributed by atoms with Crippen LogP contribution in [0.5, 0.6) is 0 Å². The molecule has 0 unspecified atom stereocenters. The third-order valence-corrected chi connectivity index (χ3v) is 3.04. The number of rotatable bonds is 4. The van der Waals surface area contributed by atoms with Gasteiger partial charge >= 0.3 is 75.4 Å². The van der Waals surface area contributed by atoms with E-state index in [1.165, 1.54) is 0 Å². The van der Waals surface area contributed by atoms with Crippen LogP contribution < -0.4 is 95.9 Å². The number of carboxylic acid groups (broad SMARTS) is 4. The fourth-order valence-corrected chi connectivity index (χ4v) is 2.18. The van der Waals surface area contributed by atoms with Gasteiger partial charge in [-0.2, -0.15) is 0 Å². The number of carbonyl (C=O) groups is 4. The Morgan fingerprint density at radius 2 is 0.447 bits per heavy atom. The molecule has 0 aliphatic rings. The van der Waals surface area contributed by atoms with Crippen LogP contribution in [0.1, 0.15) is 41.4 Å². The molecule has 2 aromatic carbocycles. The normalized spacial score (nSPS) is 6.00. The zero-order valence-electron chi connectivity index (χ0n) is 20.6. The fraction of sp³-hybridized carbons (Fsp3) is 0. The van der Waals surface area contributed by atoms with Gasteiger partial charge in [-0.05, 0) is 0 Å². The van der Waals surface area contributed by atoms with Crippen LogP contribution in [0.15, 0.2) is 24.3 Å². The molecule has 20 nitrogen and oxygen atoms in total. The first-order valence-electron chi connectivity index (χ1n) is 5.70. The molecule has 24 heteroatoms. The number of fused-ring (bicyclic) bond motifs is 1. The summed E-state index contributed by atoms with van der Waals surface area (Å²) in [4.78, 5) is 44.4. The van der Waals surface area contributed by atoms with Crippen LogP contribution in [0, 0.1) is 0 Å². The van der Waals surface area contributed by atoms with Crippen molar-refractivity contribution in [3.05, 3.63) is 46.5 Å². The van der Waals surface area contributed by atoms with Gasteiger partial charge in [0, 0.05) is 33.0 Å². The van der Waals surface area contributed by atoms with Crippen LogP contribution in [0.4, 0.5) is 0 Å². The zero-order chi connectivity index (χ0) is 16.6. The third-order valence-electron chi connectivity index (χ3n) is 3.04. The van der Waals surface area contributed by atoms with E-state index in [4.69, 9.17) is 0 Å². The minimum Gasteiger partial charge on any atom is -0.545 e. The molecule has 0 aliphatic heterocycles. The van der Waals surface area contributed by atoms with Crippen molar-refractivity contribution in [3.63, 3.8) is 0 Å². The van der Waals surface area contributed by atoms with E-state index >= 15 is 0 Å². The molecule has 0 amide bonds. The summed E-state index contributed by atoms with van der Waals surface area (Å²) in [5.41, 5.74) is -2.77. The summed E-state index contributed by atoms with van der Waals surface area (Å²) in [5.74, 6) is -7.25. The Morgan fingerprint density at radius 1 is 0.342 bits per heavy atom. The first-order chi connectivity index (χ1) is 10.3. The monoisotopic (exact) mass is 544 g/mol. The van der Waals surface area contributed by atoms with Crippen molar-refractivity contribution in [1.82, 2.24) is 0 Å². The summed E-state index contributed by atoms with van der Waals surface area (Å²) in [7, 11) is 0. The largest absolute Gasteiger partial charge is 1.00 e. The first-order valence-corrected chi connectivity index (χ1v) is 5.70. The van der Waals surface area contributed by atoms with E-state index in [-0.39, 0.29) is 141 Å². The third kappa shape index (κ3) is 19.5. The number of carbonyl (C=O) groups excluding carboxylic acids is 4. The molecule has 0 saturated heterocycles. The second-order valence-corrected chi connectivity index (χ2v) is 4.22. The van der Waals surface area contributed by atoms with Crippen LogP contribution in [0.25, 0.3) is 10.8 Å². The van der Waals surface area contributed by atoms with Gasteiger partial charge in [0.15, 0.2) is 0 Å². The van der Waals surface area contributed by atoms with Gasteiger partial charge in [0.2, 0.25) is 0 Å². The van der Waals surface area contributed by atoms with Gasteiger partial charge in [-0.25, -0.2) is 0 Å². The Labute approximate surface area is 260 Å². The van der Waals surface area contributed by atoms with Crippen LogP contribution in [-0.2, 0) is 0 Å². The average molecular weight is 544 g/mol. The summed E-state index contributed by atoms with van der Waals surface area (Å²) in [6.45, 7) is 0. The van der Waals surface area contributed by atoms with E-state index in [2.05, 4.69) is 0 Å². The molecular weight excluding hydrogens is 516 g/mol. The summed E-state index contributed by atoms with van der Waals surface area (Å²) in [5, 5.41) is 43.1. The summed E-state index contributed by atoms with van der Waals surface area (Å²) in [6, 6.07) is 3.14. The minimum absolute atomic E-state index is 0. The molecule has 0 fully saturated rings. The van der Waals surface area contributed by atoms with Gasteiger partial charge in [-0.1, -0.05) is 24.3 Å². The van der Waals surface area contributed by atoms with Gasteiger partial charge in [0.05, 0.1) is 23.9 Å². The molecule has 0 atom stereocenters. The van der Waals surface area contributed by atoms with Gasteiger partial charge in [0.1, 0.15) is 0 Å². The molecule has 0 bridgehead atoms. The van der Waals surface area contributed by atoms with E-state index in [9.17, 15) is 39.6 Å². The number of aromatic carboxylic acids is 4. The molecular formula is C14H28Li4O20.